The molecule has 0 aliphatic heterocycles. The molecule has 98 valence electrons. The number of hydrogen-bond acceptors (Lipinski definition) is 1. The molecule has 1 aliphatic rings. The number of rotatable bonds is 2. The first-order valence-electron chi connectivity index (χ1n) is 6.51. The summed E-state index contributed by atoms with van der Waals surface area (Å²) in [6.45, 7) is 0. The Kier molecular flexibility index (Phi) is 3.81. The average Bonchev–Trinajstić information content (AvgIpc) is 2.43. The predicted octanol–water partition coefficient (Wildman–Crippen LogP) is 5.07. The van der Waals surface area contributed by atoms with Gasteiger partial charge >= 0.3 is 0 Å². The quantitative estimate of drug-likeness (QED) is 0.807. The van der Waals surface area contributed by atoms with E-state index in [0.717, 1.165) is 28.0 Å². The fraction of sp³-hybridized carbons (Fsp3) is 0.250. The third-order valence-corrected chi connectivity index (χ3v) is 4.85. The van der Waals surface area contributed by atoms with Gasteiger partial charge in [-0.05, 0) is 64.5 Å². The normalized spacial score (nSPS) is 17.9. The summed E-state index contributed by atoms with van der Waals surface area (Å²) in [4.78, 5) is 0. The molecule has 1 nitrogen and oxygen atoms in total. The number of anilines is 1. The zero-order valence-corrected chi connectivity index (χ0v) is 12.8. The van der Waals surface area contributed by atoms with Gasteiger partial charge < -0.3 is 5.32 Å². The van der Waals surface area contributed by atoms with Crippen molar-refractivity contribution < 1.29 is 0 Å². The average molecular weight is 337 g/mol. The molecular formula is C16H15BrClN. The summed E-state index contributed by atoms with van der Waals surface area (Å²) >= 11 is 9.48. The summed E-state index contributed by atoms with van der Waals surface area (Å²) in [5.74, 6) is 0. The largest absolute Gasteiger partial charge is 0.382 e. The number of halogens is 2. The number of nitrogens with one attached hydrogen (secondary N) is 1. The van der Waals surface area contributed by atoms with E-state index in [0.29, 0.717) is 6.04 Å². The van der Waals surface area contributed by atoms with Crippen molar-refractivity contribution in [3.8, 4) is 0 Å². The van der Waals surface area contributed by atoms with Crippen LogP contribution in [0.1, 0.15) is 17.5 Å². The second-order valence-corrected chi connectivity index (χ2v) is 6.24. The minimum atomic E-state index is 0.503. The molecule has 0 spiro atoms. The SMILES string of the molecule is Clc1ccc(NC2CCc3ccccc3C2)cc1Br. The molecule has 0 radical (unpaired) electrons. The summed E-state index contributed by atoms with van der Waals surface area (Å²) in [7, 11) is 0. The van der Waals surface area contributed by atoms with E-state index in [9.17, 15) is 0 Å². The van der Waals surface area contributed by atoms with Crippen LogP contribution in [0.25, 0.3) is 0 Å². The van der Waals surface area contributed by atoms with Crippen molar-refractivity contribution in [3.63, 3.8) is 0 Å². The summed E-state index contributed by atoms with van der Waals surface area (Å²) in [6, 6.07) is 15.2. The van der Waals surface area contributed by atoms with Gasteiger partial charge in [-0.1, -0.05) is 35.9 Å². The fourth-order valence-corrected chi connectivity index (χ4v) is 3.14. The third kappa shape index (κ3) is 2.96. The highest BCUT2D eigenvalue weighted by molar-refractivity contribution is 9.10. The molecule has 3 rings (SSSR count). The van der Waals surface area contributed by atoms with Crippen molar-refractivity contribution in [1.29, 1.82) is 0 Å². The Morgan fingerprint density at radius 1 is 1.11 bits per heavy atom. The highest BCUT2D eigenvalue weighted by Crippen LogP contribution is 2.28. The molecule has 0 aromatic heterocycles. The molecular weight excluding hydrogens is 322 g/mol. The topological polar surface area (TPSA) is 12.0 Å². The molecule has 0 saturated carbocycles. The zero-order valence-electron chi connectivity index (χ0n) is 10.5. The molecule has 2 aromatic rings. The highest BCUT2D eigenvalue weighted by atomic mass is 79.9. The maximum Gasteiger partial charge on any atom is 0.0549 e. The van der Waals surface area contributed by atoms with Crippen molar-refractivity contribution in [2.75, 3.05) is 5.32 Å². The maximum absolute atomic E-state index is 6.02. The molecule has 0 heterocycles. The lowest BCUT2D eigenvalue weighted by Gasteiger charge is -2.26. The highest BCUT2D eigenvalue weighted by Gasteiger charge is 2.17. The van der Waals surface area contributed by atoms with Crippen LogP contribution in [0.5, 0.6) is 0 Å². The Hall–Kier alpha value is -0.990. The van der Waals surface area contributed by atoms with Crippen LogP contribution in [0.15, 0.2) is 46.9 Å². The smallest absolute Gasteiger partial charge is 0.0549 e. The van der Waals surface area contributed by atoms with Gasteiger partial charge in [-0.2, -0.15) is 0 Å². The first kappa shape index (κ1) is 13.0. The van der Waals surface area contributed by atoms with Crippen LogP contribution in [-0.4, -0.2) is 6.04 Å². The van der Waals surface area contributed by atoms with Crippen molar-refractivity contribution in [2.24, 2.45) is 0 Å². The minimum absolute atomic E-state index is 0.503. The molecule has 2 aromatic carbocycles. The number of hydrogen-bond donors (Lipinski definition) is 1. The maximum atomic E-state index is 6.02. The Morgan fingerprint density at radius 3 is 2.68 bits per heavy atom. The molecule has 1 aliphatic carbocycles. The van der Waals surface area contributed by atoms with Gasteiger partial charge in [0.1, 0.15) is 0 Å². The fourth-order valence-electron chi connectivity index (χ4n) is 2.64. The van der Waals surface area contributed by atoms with Crippen LogP contribution < -0.4 is 5.32 Å². The molecule has 19 heavy (non-hydrogen) atoms. The van der Waals surface area contributed by atoms with E-state index >= 15 is 0 Å². The molecule has 0 saturated heterocycles. The van der Waals surface area contributed by atoms with Crippen LogP contribution in [0.4, 0.5) is 5.69 Å². The van der Waals surface area contributed by atoms with E-state index in [4.69, 9.17) is 11.6 Å². The molecule has 0 amide bonds. The van der Waals surface area contributed by atoms with Crippen molar-refractivity contribution in [1.82, 2.24) is 0 Å². The molecule has 0 fully saturated rings. The van der Waals surface area contributed by atoms with Crippen LogP contribution in [0.2, 0.25) is 5.02 Å². The summed E-state index contributed by atoms with van der Waals surface area (Å²) in [5.41, 5.74) is 4.10. The number of benzene rings is 2. The van der Waals surface area contributed by atoms with Crippen LogP contribution in [0, 0.1) is 0 Å². The summed E-state index contributed by atoms with van der Waals surface area (Å²) < 4.78 is 0.940. The van der Waals surface area contributed by atoms with E-state index in [1.807, 2.05) is 18.2 Å². The standard InChI is InChI=1S/C16H15BrClN/c17-15-10-14(7-8-16(15)18)19-13-6-5-11-3-1-2-4-12(11)9-13/h1-4,7-8,10,13,19H,5-6,9H2. The zero-order chi connectivity index (χ0) is 13.2. The molecule has 1 unspecified atom stereocenters. The van der Waals surface area contributed by atoms with Gasteiger partial charge in [-0.25, -0.2) is 0 Å². The van der Waals surface area contributed by atoms with Crippen LogP contribution in [0.3, 0.4) is 0 Å². The van der Waals surface area contributed by atoms with Gasteiger partial charge in [0.05, 0.1) is 5.02 Å². The van der Waals surface area contributed by atoms with Gasteiger partial charge in [0.2, 0.25) is 0 Å². The number of aryl methyl sites for hydroxylation is 1. The second-order valence-electron chi connectivity index (χ2n) is 4.98. The summed E-state index contributed by atoms with van der Waals surface area (Å²) in [5, 5.41) is 4.35. The lowest BCUT2D eigenvalue weighted by molar-refractivity contribution is 0.611. The van der Waals surface area contributed by atoms with Gasteiger partial charge in [0.25, 0.3) is 0 Å². The van der Waals surface area contributed by atoms with Crippen LogP contribution in [-0.2, 0) is 12.8 Å². The van der Waals surface area contributed by atoms with E-state index < -0.39 is 0 Å². The molecule has 3 heteroatoms. The molecule has 1 N–H and O–H groups in total. The minimum Gasteiger partial charge on any atom is -0.382 e. The van der Waals surface area contributed by atoms with Gasteiger partial charge in [-0.15, -0.1) is 0 Å². The Labute approximate surface area is 127 Å². The first-order valence-corrected chi connectivity index (χ1v) is 7.68. The van der Waals surface area contributed by atoms with Gasteiger partial charge in [0, 0.05) is 16.2 Å². The van der Waals surface area contributed by atoms with Crippen molar-refractivity contribution in [2.45, 2.75) is 25.3 Å². The van der Waals surface area contributed by atoms with Gasteiger partial charge in [-0.3, -0.25) is 0 Å². The summed E-state index contributed by atoms with van der Waals surface area (Å²) in [6.07, 6.45) is 3.43. The van der Waals surface area contributed by atoms with E-state index in [-0.39, 0.29) is 0 Å². The van der Waals surface area contributed by atoms with Crippen molar-refractivity contribution >= 4 is 33.2 Å². The van der Waals surface area contributed by atoms with Crippen molar-refractivity contribution in [3.05, 3.63) is 63.1 Å². The Morgan fingerprint density at radius 2 is 1.89 bits per heavy atom. The third-order valence-electron chi connectivity index (χ3n) is 3.64. The van der Waals surface area contributed by atoms with E-state index in [1.165, 1.54) is 17.5 Å². The van der Waals surface area contributed by atoms with Gasteiger partial charge in [0.15, 0.2) is 0 Å². The monoisotopic (exact) mass is 335 g/mol. The predicted molar refractivity (Wildman–Crippen MR) is 85.0 cm³/mol. The van der Waals surface area contributed by atoms with E-state index in [2.05, 4.69) is 45.5 Å². The van der Waals surface area contributed by atoms with E-state index in [1.54, 1.807) is 0 Å². The lowest BCUT2D eigenvalue weighted by Crippen LogP contribution is -2.27. The number of fused-ring (bicyclic) bond motifs is 1. The molecule has 1 atom stereocenters. The molecule has 0 bridgehead atoms. The first-order chi connectivity index (χ1) is 9.22. The second kappa shape index (κ2) is 5.56. The van der Waals surface area contributed by atoms with Crippen LogP contribution >= 0.6 is 27.5 Å². The lowest BCUT2D eigenvalue weighted by atomic mass is 9.88. The Bertz CT molecular complexity index is 597. The Balaban J connectivity index is 1.73.